The zero-order valence-corrected chi connectivity index (χ0v) is 57.5. The molecular weight excluding hydrogens is 1210 g/mol. The fraction of sp³-hybridized carbons (Fsp3) is 0.333. The van der Waals surface area contributed by atoms with Gasteiger partial charge in [-0.25, -0.2) is 29.4 Å². The number of methoxy groups -OCH3 is 6. The third-order valence-electron chi connectivity index (χ3n) is 17.8. The molecule has 21 nitrogen and oxygen atoms in total. The lowest BCUT2D eigenvalue weighted by atomic mass is 9.97. The van der Waals surface area contributed by atoms with Crippen LogP contribution in [0.5, 0.6) is 34.5 Å². The van der Waals surface area contributed by atoms with Gasteiger partial charge in [0.15, 0.2) is 34.5 Å². The van der Waals surface area contributed by atoms with Gasteiger partial charge < -0.3 is 39.6 Å². The highest BCUT2D eigenvalue weighted by Gasteiger charge is 2.26. The Bertz CT molecular complexity index is 4980. The summed E-state index contributed by atoms with van der Waals surface area (Å²) in [4.78, 5) is 55.0. The van der Waals surface area contributed by atoms with E-state index in [1.807, 2.05) is 103 Å². The van der Waals surface area contributed by atoms with Gasteiger partial charge in [0, 0.05) is 73.8 Å². The van der Waals surface area contributed by atoms with Crippen molar-refractivity contribution in [2.45, 2.75) is 121 Å². The molecular formula is C75H84N12O9. The van der Waals surface area contributed by atoms with Gasteiger partial charge >= 0.3 is 17.1 Å². The zero-order valence-electron chi connectivity index (χ0n) is 57.5. The molecule has 0 bridgehead atoms. The van der Waals surface area contributed by atoms with Crippen LogP contribution >= 0.6 is 0 Å². The summed E-state index contributed by atoms with van der Waals surface area (Å²) in [6.45, 7) is 20.8. The highest BCUT2D eigenvalue weighted by molar-refractivity contribution is 5.73. The molecule has 3 aliphatic rings. The predicted molar refractivity (Wildman–Crippen MR) is 374 cm³/mol. The number of nitrogens with two attached hydrogens (primary N) is 1. The van der Waals surface area contributed by atoms with Crippen LogP contribution in [0, 0.1) is 79.1 Å². The average Bonchev–Trinajstić information content (AvgIpc) is 0.764. The zero-order chi connectivity index (χ0) is 69.0. The molecule has 21 heteroatoms. The molecule has 0 amide bonds. The molecule has 6 aromatic carbocycles. The van der Waals surface area contributed by atoms with E-state index >= 15 is 0 Å². The first-order valence-electron chi connectivity index (χ1n) is 31.9. The second-order valence-corrected chi connectivity index (χ2v) is 24.4. The van der Waals surface area contributed by atoms with Crippen LogP contribution in [0.4, 0.5) is 17.1 Å². The van der Waals surface area contributed by atoms with E-state index in [2.05, 4.69) is 56.3 Å². The van der Waals surface area contributed by atoms with Crippen LogP contribution < -0.4 is 67.7 Å². The molecule has 0 unspecified atom stereocenters. The van der Waals surface area contributed by atoms with Gasteiger partial charge in [-0.1, -0.05) is 53.1 Å². The minimum atomic E-state index is -0.245. The van der Waals surface area contributed by atoms with Gasteiger partial charge in [-0.2, -0.15) is 5.26 Å². The predicted octanol–water partition coefficient (Wildman–Crippen LogP) is 10.3. The molecule has 3 N–H and O–H groups in total. The summed E-state index contributed by atoms with van der Waals surface area (Å²) in [6.07, 6.45) is 3.35. The van der Waals surface area contributed by atoms with Crippen LogP contribution in [-0.4, -0.2) is 82.8 Å². The summed E-state index contributed by atoms with van der Waals surface area (Å²) in [5, 5.41) is 17.0. The molecule has 0 atom stereocenters. The van der Waals surface area contributed by atoms with Crippen molar-refractivity contribution >= 4 is 23.3 Å². The van der Waals surface area contributed by atoms with Crippen molar-refractivity contribution in [2.75, 3.05) is 49.2 Å². The smallest absolute Gasteiger partial charge is 0.331 e. The van der Waals surface area contributed by atoms with Gasteiger partial charge in [0.2, 0.25) is 0 Å². The van der Waals surface area contributed by atoms with Crippen LogP contribution in [0.3, 0.4) is 0 Å². The van der Waals surface area contributed by atoms with Crippen molar-refractivity contribution in [3.63, 3.8) is 0 Å². The van der Waals surface area contributed by atoms with E-state index in [1.165, 1.54) is 21.9 Å². The monoisotopic (exact) mass is 1300 g/mol. The second kappa shape index (κ2) is 28.9. The van der Waals surface area contributed by atoms with E-state index in [-0.39, 0.29) is 30.2 Å². The summed E-state index contributed by atoms with van der Waals surface area (Å²) >= 11 is 0. The Morgan fingerprint density at radius 2 is 0.719 bits per heavy atom. The highest BCUT2D eigenvalue weighted by Crippen LogP contribution is 2.41. The number of aryl methyl sites for hydroxylation is 12. The molecule has 12 rings (SSSR count). The number of hydrogen-bond donors (Lipinski definition) is 2. The molecule has 96 heavy (non-hydrogen) atoms. The molecule has 0 saturated heterocycles. The fourth-order valence-corrected chi connectivity index (χ4v) is 13.5. The quantitative estimate of drug-likeness (QED) is 0.0969. The number of hydrogen-bond acceptors (Lipinski definition) is 15. The molecule has 3 aliphatic heterocycles. The number of rotatable bonds is 14. The lowest BCUT2D eigenvalue weighted by molar-refractivity contribution is 0.354. The molecule has 0 spiro atoms. The third kappa shape index (κ3) is 13.4. The van der Waals surface area contributed by atoms with Gasteiger partial charge in [-0.15, -0.1) is 0 Å². The topological polar surface area (TPSA) is 247 Å². The maximum absolute atomic E-state index is 13.5. The first kappa shape index (κ1) is 68.1. The van der Waals surface area contributed by atoms with Gasteiger partial charge in [0.25, 0.3) is 0 Å². The normalized spacial score (nSPS) is 12.8. The van der Waals surface area contributed by atoms with E-state index < -0.39 is 0 Å². The molecule has 0 fully saturated rings. The molecule has 0 aliphatic carbocycles. The van der Waals surface area contributed by atoms with Gasteiger partial charge in [0.05, 0.1) is 89.4 Å². The molecule has 9 aromatic rings. The van der Waals surface area contributed by atoms with E-state index in [4.69, 9.17) is 54.5 Å². The Balaban J connectivity index is 0.000000157. The number of ether oxygens (including phenoxy) is 6. The second-order valence-electron chi connectivity index (χ2n) is 24.4. The van der Waals surface area contributed by atoms with E-state index in [0.717, 1.165) is 113 Å². The number of benzene rings is 6. The average molecular weight is 1300 g/mol. The number of nitrogens with one attached hydrogen (secondary N) is 1. The van der Waals surface area contributed by atoms with Crippen LogP contribution in [0.2, 0.25) is 0 Å². The van der Waals surface area contributed by atoms with Crippen LogP contribution in [-0.2, 0) is 58.5 Å². The Morgan fingerprint density at radius 1 is 0.438 bits per heavy atom. The van der Waals surface area contributed by atoms with Crippen LogP contribution in [0.1, 0.15) is 66.8 Å². The van der Waals surface area contributed by atoms with Crippen molar-refractivity contribution in [2.24, 2.45) is 20.7 Å². The number of fused-ring (bicyclic) bond motifs is 9. The fourth-order valence-electron chi connectivity index (χ4n) is 13.5. The molecule has 6 heterocycles. The summed E-state index contributed by atoms with van der Waals surface area (Å²) in [7, 11) is 9.67. The Hall–Kier alpha value is -10.7. The number of nitriles is 1. The van der Waals surface area contributed by atoms with Crippen molar-refractivity contribution in [3.8, 4) is 74.3 Å². The van der Waals surface area contributed by atoms with Gasteiger partial charge in [0.1, 0.15) is 23.0 Å². The summed E-state index contributed by atoms with van der Waals surface area (Å²) in [5.41, 5.74) is 27.7. The highest BCUT2D eigenvalue weighted by atomic mass is 16.5. The van der Waals surface area contributed by atoms with Crippen molar-refractivity contribution in [1.29, 1.82) is 10.7 Å². The first-order chi connectivity index (χ1) is 46.1. The Morgan fingerprint density at radius 3 is 1.01 bits per heavy atom. The minimum absolute atomic E-state index is 0.0688. The van der Waals surface area contributed by atoms with E-state index in [1.54, 1.807) is 65.5 Å². The lowest BCUT2D eigenvalue weighted by Gasteiger charge is -2.24. The lowest BCUT2D eigenvalue weighted by Crippen LogP contribution is -2.43. The molecule has 3 aromatic heterocycles. The molecule has 0 saturated carbocycles. The Labute approximate surface area is 558 Å². The van der Waals surface area contributed by atoms with Crippen molar-refractivity contribution < 1.29 is 28.4 Å². The summed E-state index contributed by atoms with van der Waals surface area (Å²) < 4.78 is 42.8. The van der Waals surface area contributed by atoms with Crippen molar-refractivity contribution in [1.82, 2.24) is 27.4 Å². The maximum atomic E-state index is 13.5. The molecule has 0 radical (unpaired) electrons. The SMILES string of the molecule is COc1cc2c(cc1OC)-c1cc(=Nc3c(C)cc(C)cc3C)n(CC#N)c(=O)n1CC2.COc1cc2c(cc1OC)-c1cc(=Nc3c(C)cc(C)cc3C)n(CC=N)c(=O)n1CC2.COc1cc2c(cc1OC)-c1cc(=Nc3c(C)cc(C)cc3C)n(CCN)c(=O)n1CC2. The van der Waals surface area contributed by atoms with Crippen molar-refractivity contribution in [3.05, 3.63) is 206 Å². The number of nitrogens with zero attached hydrogens (tertiary/aromatic N) is 10. The minimum Gasteiger partial charge on any atom is -0.493 e. The van der Waals surface area contributed by atoms with Gasteiger partial charge in [-0.05, 0) is 168 Å². The van der Waals surface area contributed by atoms with E-state index in [9.17, 15) is 19.6 Å². The standard InChI is InChI=1S/C25H30N4O3.C25H28N4O3.C25H26N4O3/c3*1-15-10-16(2)24(17(3)11-15)27-23-14-20-19-13-22(32-5)21(31-4)12-18(19)6-8-28(20)25(30)29(23)9-7-26/h10-14H,6-9,26H2,1-5H3;7,10-14,26H,6,8-9H2,1-5H3;10-14H,6,8-9H2,1-5H3. The number of aromatic nitrogens is 6. The van der Waals surface area contributed by atoms with E-state index in [0.29, 0.717) is 96.5 Å². The van der Waals surface area contributed by atoms with Crippen LogP contribution in [0.15, 0.2) is 120 Å². The Kier molecular flexibility index (Phi) is 20.5. The van der Waals surface area contributed by atoms with Crippen LogP contribution in [0.25, 0.3) is 33.8 Å². The summed E-state index contributed by atoms with van der Waals surface area (Å²) in [5.74, 6) is 3.87. The largest absolute Gasteiger partial charge is 0.493 e. The third-order valence-corrected chi connectivity index (χ3v) is 17.8. The maximum Gasteiger partial charge on any atom is 0.331 e. The first-order valence-corrected chi connectivity index (χ1v) is 31.9. The summed E-state index contributed by atoms with van der Waals surface area (Å²) in [6, 6.07) is 32.1. The van der Waals surface area contributed by atoms with Gasteiger partial charge in [-0.3, -0.25) is 27.4 Å². The molecule has 498 valence electrons.